The van der Waals surface area contributed by atoms with Crippen LogP contribution in [0.4, 0.5) is 0 Å². The molecule has 0 bridgehead atoms. The van der Waals surface area contributed by atoms with Crippen molar-refractivity contribution >= 4 is 25.7 Å². The zero-order chi connectivity index (χ0) is 53.9. The zero-order valence-corrected chi connectivity index (χ0v) is 45.4. The van der Waals surface area contributed by atoms with Gasteiger partial charge in [-0.2, -0.15) is 0 Å². The van der Waals surface area contributed by atoms with Gasteiger partial charge < -0.3 is 64.9 Å². The fourth-order valence-electron chi connectivity index (χ4n) is 9.16. The summed E-state index contributed by atoms with van der Waals surface area (Å²) in [6.07, 6.45) is 14.9. The molecular formula is C53H98NO18P. The quantitative estimate of drug-likeness (QED) is 0.0128. The number of carbonyl (C=O) groups excluding carboxylic acids is 3. The zero-order valence-electron chi connectivity index (χ0n) is 44.5. The number of esters is 2. The van der Waals surface area contributed by atoms with Crippen molar-refractivity contribution in [2.75, 3.05) is 19.8 Å². The summed E-state index contributed by atoms with van der Waals surface area (Å²) < 4.78 is 46.3. The molecule has 2 aliphatic rings. The van der Waals surface area contributed by atoms with Gasteiger partial charge in [0.25, 0.3) is 0 Å². The smallest absolute Gasteiger partial charge is 0.462 e. The van der Waals surface area contributed by atoms with E-state index in [2.05, 4.69) is 31.3 Å². The van der Waals surface area contributed by atoms with Gasteiger partial charge in [-0.25, -0.2) is 4.57 Å². The Morgan fingerprint density at radius 2 is 1.01 bits per heavy atom. The summed E-state index contributed by atoms with van der Waals surface area (Å²) in [5.74, 6) is -1.95. The van der Waals surface area contributed by atoms with Gasteiger partial charge in [0, 0.05) is 19.8 Å². The molecule has 0 radical (unpaired) electrons. The molecule has 1 aliphatic heterocycles. The lowest BCUT2D eigenvalue weighted by atomic mass is 9.84. The normalized spacial score (nSPS) is 26.6. The van der Waals surface area contributed by atoms with Crippen LogP contribution in [0.25, 0.3) is 0 Å². The molecule has 73 heavy (non-hydrogen) atoms. The summed E-state index contributed by atoms with van der Waals surface area (Å²) in [7, 11) is -5.40. The monoisotopic (exact) mass is 1070 g/mol. The minimum Gasteiger partial charge on any atom is -0.462 e. The molecule has 1 unspecified atom stereocenters. The highest BCUT2D eigenvalue weighted by atomic mass is 31.2. The number of nitrogens with one attached hydrogen (secondary N) is 1. The van der Waals surface area contributed by atoms with Gasteiger partial charge in [-0.1, -0.05) is 167 Å². The van der Waals surface area contributed by atoms with Crippen LogP contribution in [0.5, 0.6) is 0 Å². The van der Waals surface area contributed by atoms with E-state index in [1.165, 1.54) is 103 Å². The first-order valence-corrected chi connectivity index (χ1v) is 29.5. The number of rotatable bonds is 43. The highest BCUT2D eigenvalue weighted by molar-refractivity contribution is 7.47. The van der Waals surface area contributed by atoms with Crippen molar-refractivity contribution in [2.45, 2.75) is 287 Å². The first-order valence-electron chi connectivity index (χ1n) is 28.0. The number of ether oxygens (including phenoxy) is 4. The molecule has 1 aliphatic carbocycles. The topological polar surface area (TPSA) is 298 Å². The van der Waals surface area contributed by atoms with E-state index in [1.54, 1.807) is 0 Å². The van der Waals surface area contributed by atoms with Gasteiger partial charge in [0.15, 0.2) is 12.4 Å². The van der Waals surface area contributed by atoms with Crippen molar-refractivity contribution in [3.05, 3.63) is 12.2 Å². The summed E-state index contributed by atoms with van der Waals surface area (Å²) in [6.45, 7) is 3.30. The summed E-state index contributed by atoms with van der Waals surface area (Å²) >= 11 is 0. The second-order valence-electron chi connectivity index (χ2n) is 20.2. The molecule has 13 atom stereocenters. The van der Waals surface area contributed by atoms with E-state index in [1.807, 2.05) is 0 Å². The molecule has 1 saturated heterocycles. The molecule has 20 heteroatoms. The summed E-state index contributed by atoms with van der Waals surface area (Å²) in [5, 5.41) is 76.4. The van der Waals surface area contributed by atoms with Crippen molar-refractivity contribution in [3.63, 3.8) is 0 Å². The summed E-state index contributed by atoms with van der Waals surface area (Å²) in [6, 6.07) is -1.58. The number of aliphatic hydroxyl groups is 7. The number of hydrogen-bond acceptors (Lipinski definition) is 17. The van der Waals surface area contributed by atoms with Crippen LogP contribution >= 0.6 is 7.82 Å². The largest absolute Gasteiger partial charge is 0.472 e. The minimum absolute atomic E-state index is 0.0198. The minimum atomic E-state index is -5.40. The molecule has 428 valence electrons. The van der Waals surface area contributed by atoms with Gasteiger partial charge in [0.2, 0.25) is 5.91 Å². The third-order valence-corrected chi connectivity index (χ3v) is 14.6. The maximum atomic E-state index is 13.6. The average Bonchev–Trinajstić information content (AvgIpc) is 3.36. The second kappa shape index (κ2) is 40.2. The third kappa shape index (κ3) is 28.7. The van der Waals surface area contributed by atoms with Crippen molar-refractivity contribution in [3.8, 4) is 0 Å². The number of allylic oxidation sites excluding steroid dienone is 2. The van der Waals surface area contributed by atoms with Crippen LogP contribution in [-0.2, 0) is 46.9 Å². The van der Waals surface area contributed by atoms with Crippen molar-refractivity contribution in [1.29, 1.82) is 0 Å². The Bertz CT molecular complexity index is 1530. The van der Waals surface area contributed by atoms with E-state index >= 15 is 0 Å². The van der Waals surface area contributed by atoms with E-state index in [-0.39, 0.29) is 12.8 Å². The van der Waals surface area contributed by atoms with Crippen LogP contribution in [-0.4, -0.2) is 152 Å². The third-order valence-electron chi connectivity index (χ3n) is 13.6. The van der Waals surface area contributed by atoms with Gasteiger partial charge >= 0.3 is 19.8 Å². The molecular weight excluding hydrogens is 970 g/mol. The molecule has 2 rings (SSSR count). The number of hydrogen-bond donors (Lipinski definition) is 9. The van der Waals surface area contributed by atoms with E-state index < -0.39 is 119 Å². The lowest BCUT2D eigenvalue weighted by Gasteiger charge is -2.48. The number of phosphoric acid groups is 1. The predicted octanol–water partition coefficient (Wildman–Crippen LogP) is 7.03. The van der Waals surface area contributed by atoms with Gasteiger partial charge in [-0.15, -0.1) is 0 Å². The van der Waals surface area contributed by atoms with Crippen LogP contribution in [0.3, 0.4) is 0 Å². The molecule has 2 fully saturated rings. The molecule has 1 saturated carbocycles. The molecule has 0 aromatic heterocycles. The van der Waals surface area contributed by atoms with Crippen molar-refractivity contribution in [2.24, 2.45) is 0 Å². The Kier molecular flexibility index (Phi) is 36.9. The number of aliphatic hydroxyl groups excluding tert-OH is 7. The first-order chi connectivity index (χ1) is 35.1. The van der Waals surface area contributed by atoms with Crippen LogP contribution in [0.15, 0.2) is 12.2 Å². The maximum Gasteiger partial charge on any atom is 0.472 e. The molecule has 1 amide bonds. The lowest BCUT2D eigenvalue weighted by Crippen LogP contribution is -2.69. The SMILES string of the molecule is CCCCCCCC/C=C\CCCCCCCC(=O)O[C@@H](COC(=O)CCCCCCCCCCCCCCCCC)COP(=O)(O)O[C@@H]1[C@H](O)[C@H](O)[C@@H](O)[C@H](O)[C@H]1O[C@H]1O[C@H](CO)[C@@H](O)[C@H](O)[C@H]1NC(C)=O. The van der Waals surface area contributed by atoms with Gasteiger partial charge in [0.1, 0.15) is 67.6 Å². The Morgan fingerprint density at radius 1 is 0.575 bits per heavy atom. The van der Waals surface area contributed by atoms with E-state index in [0.29, 0.717) is 12.8 Å². The van der Waals surface area contributed by atoms with Crippen molar-refractivity contribution in [1.82, 2.24) is 5.32 Å². The highest BCUT2D eigenvalue weighted by Gasteiger charge is 2.55. The van der Waals surface area contributed by atoms with Crippen molar-refractivity contribution < 1.29 is 87.6 Å². The number of phosphoric ester groups is 1. The number of unbranched alkanes of at least 4 members (excludes halogenated alkanes) is 25. The lowest BCUT2D eigenvalue weighted by molar-refractivity contribution is -0.317. The molecule has 9 N–H and O–H groups in total. The average molecular weight is 1070 g/mol. The van der Waals surface area contributed by atoms with E-state index in [9.17, 15) is 59.6 Å². The Hall–Kier alpha value is -2.10. The molecule has 0 aromatic rings. The fourth-order valence-corrected chi connectivity index (χ4v) is 10.1. The maximum absolute atomic E-state index is 13.6. The fraction of sp³-hybridized carbons (Fsp3) is 0.906. The van der Waals surface area contributed by atoms with Gasteiger partial charge in [-0.05, 0) is 38.5 Å². The van der Waals surface area contributed by atoms with Crippen LogP contribution in [0.2, 0.25) is 0 Å². The van der Waals surface area contributed by atoms with Gasteiger partial charge in [-0.3, -0.25) is 23.4 Å². The summed E-state index contributed by atoms with van der Waals surface area (Å²) in [4.78, 5) is 48.8. The standard InChI is InChI=1S/C53H98NO18P/c1-4-6-8-10-12-14-16-18-20-22-24-26-28-30-32-34-42(57)67-37-40(69-43(58)35-33-31-29-27-25-23-21-19-17-15-13-11-9-7-5-2)38-68-73(65,66)72-52-50(64)48(62)47(61)49(63)51(52)71-53-44(54-39(3)56)46(60)45(59)41(36-55)70-53/h19,21,40-41,44-53,55,59-64H,4-18,20,22-38H2,1-3H3,(H,54,56)(H,65,66)/b21-19-/t40-,41+,44+,45+,46+,47+,48+,49-,50+,51+,52+,53+/m0/s1. The van der Waals surface area contributed by atoms with Crippen LogP contribution in [0, 0.1) is 0 Å². The number of carbonyl (C=O) groups is 3. The highest BCUT2D eigenvalue weighted by Crippen LogP contribution is 2.48. The van der Waals surface area contributed by atoms with E-state index in [0.717, 1.165) is 71.1 Å². The first kappa shape index (κ1) is 67.0. The summed E-state index contributed by atoms with van der Waals surface area (Å²) in [5.41, 5.74) is 0. The van der Waals surface area contributed by atoms with Crippen LogP contribution < -0.4 is 5.32 Å². The molecule has 0 aromatic carbocycles. The number of amides is 1. The second-order valence-corrected chi connectivity index (χ2v) is 21.6. The van der Waals surface area contributed by atoms with E-state index in [4.69, 9.17) is 28.0 Å². The molecule has 0 spiro atoms. The Morgan fingerprint density at radius 3 is 1.48 bits per heavy atom. The Balaban J connectivity index is 1.99. The Labute approximate surface area is 436 Å². The predicted molar refractivity (Wildman–Crippen MR) is 275 cm³/mol. The molecule has 19 nitrogen and oxygen atoms in total. The van der Waals surface area contributed by atoms with Crippen LogP contribution in [0.1, 0.15) is 213 Å². The molecule has 1 heterocycles. The van der Waals surface area contributed by atoms with Gasteiger partial charge in [0.05, 0.1) is 13.2 Å².